The molecule has 1 radical (unpaired) electrons. The van der Waals surface area contributed by atoms with Crippen molar-refractivity contribution in [1.29, 1.82) is 0 Å². The summed E-state index contributed by atoms with van der Waals surface area (Å²) in [4.78, 5) is 0. The molecule has 0 aromatic heterocycles. The summed E-state index contributed by atoms with van der Waals surface area (Å²) in [5, 5.41) is 12.1. The fraction of sp³-hybridized carbons (Fsp3) is 1.00. The van der Waals surface area contributed by atoms with Gasteiger partial charge in [0, 0.05) is 7.05 Å². The first-order valence-corrected chi connectivity index (χ1v) is 2.08. The van der Waals surface area contributed by atoms with E-state index in [1.807, 2.05) is 6.92 Å². The Kier molecular flexibility index (Phi) is 3.08. The van der Waals surface area contributed by atoms with Crippen molar-refractivity contribution in [2.24, 2.45) is 0 Å². The molecule has 0 saturated carbocycles. The van der Waals surface area contributed by atoms with Crippen LogP contribution in [0.5, 0.6) is 0 Å². The normalized spacial score (nSPS) is 14.5. The molecule has 0 rings (SSSR count). The predicted molar refractivity (Wildman–Crippen MR) is 24.4 cm³/mol. The molecule has 1 N–H and O–H groups in total. The monoisotopic (exact) mass is 88.1 g/mol. The van der Waals surface area contributed by atoms with E-state index in [9.17, 15) is 0 Å². The van der Waals surface area contributed by atoms with Crippen LogP contribution in [-0.2, 0) is 0 Å². The molecule has 0 aromatic carbocycles. The third-order valence-corrected chi connectivity index (χ3v) is 0.663. The van der Waals surface area contributed by atoms with Crippen LogP contribution >= 0.6 is 0 Å². The highest BCUT2D eigenvalue weighted by atomic mass is 16.3. The Labute approximate surface area is 38.2 Å². The number of aliphatic hydroxyl groups excluding tert-OH is 1. The summed E-state index contributed by atoms with van der Waals surface area (Å²) in [5.74, 6) is 0. The lowest BCUT2D eigenvalue weighted by molar-refractivity contribution is 0.139. The molecule has 0 aliphatic rings. The first-order chi connectivity index (χ1) is 2.81. The number of nitrogens with zero attached hydrogens (tertiary/aromatic N) is 1. The van der Waals surface area contributed by atoms with Crippen molar-refractivity contribution in [3.8, 4) is 0 Å². The Morgan fingerprint density at radius 1 is 1.83 bits per heavy atom. The van der Waals surface area contributed by atoms with Crippen LogP contribution in [0, 0.1) is 0 Å². The van der Waals surface area contributed by atoms with E-state index in [-0.39, 0.29) is 0 Å². The van der Waals surface area contributed by atoms with Crippen molar-refractivity contribution in [3.63, 3.8) is 0 Å². The van der Waals surface area contributed by atoms with E-state index >= 15 is 0 Å². The summed E-state index contributed by atoms with van der Waals surface area (Å²) in [6.45, 7) is 1.89. The van der Waals surface area contributed by atoms with E-state index in [1.54, 1.807) is 7.05 Å². The lowest BCUT2D eigenvalue weighted by Gasteiger charge is -1.98. The molecule has 0 aliphatic carbocycles. The van der Waals surface area contributed by atoms with Gasteiger partial charge in [0.2, 0.25) is 0 Å². The van der Waals surface area contributed by atoms with Crippen molar-refractivity contribution in [2.45, 2.75) is 19.6 Å². The summed E-state index contributed by atoms with van der Waals surface area (Å²) in [5.41, 5.74) is 0. The van der Waals surface area contributed by atoms with Crippen molar-refractivity contribution in [2.75, 3.05) is 7.05 Å². The molecule has 6 heavy (non-hydrogen) atoms. The second kappa shape index (κ2) is 3.12. The molecule has 0 aromatic rings. The minimum absolute atomic E-state index is 0.440. The van der Waals surface area contributed by atoms with Crippen molar-refractivity contribution in [1.82, 2.24) is 5.32 Å². The first kappa shape index (κ1) is 5.92. The smallest absolute Gasteiger partial charge is 0.119 e. The van der Waals surface area contributed by atoms with Gasteiger partial charge in [-0.05, 0) is 6.42 Å². The molecule has 0 bridgehead atoms. The van der Waals surface area contributed by atoms with Gasteiger partial charge in [0.05, 0.1) is 0 Å². The summed E-state index contributed by atoms with van der Waals surface area (Å²) in [7, 11) is 1.61. The van der Waals surface area contributed by atoms with Gasteiger partial charge in [-0.25, -0.2) is 5.32 Å². The molecule has 0 heterocycles. The molecule has 2 heteroatoms. The second-order valence-electron chi connectivity index (χ2n) is 1.15. The maximum Gasteiger partial charge on any atom is 0.119 e. The zero-order chi connectivity index (χ0) is 4.99. The minimum atomic E-state index is -0.440. The molecule has 1 atom stereocenters. The third kappa shape index (κ3) is 2.18. The van der Waals surface area contributed by atoms with Crippen LogP contribution in [0.25, 0.3) is 0 Å². The van der Waals surface area contributed by atoms with Gasteiger partial charge in [-0.1, -0.05) is 6.92 Å². The van der Waals surface area contributed by atoms with Crippen molar-refractivity contribution >= 4 is 0 Å². The topological polar surface area (TPSA) is 34.3 Å². The largest absolute Gasteiger partial charge is 0.377 e. The highest BCUT2D eigenvalue weighted by Crippen LogP contribution is 1.80. The Hall–Kier alpha value is -0.0800. The maximum atomic E-state index is 8.50. The molecule has 0 spiro atoms. The Bertz CT molecular complexity index is 26.7. The van der Waals surface area contributed by atoms with Gasteiger partial charge in [-0.3, -0.25) is 0 Å². The fourth-order valence-corrected chi connectivity index (χ4v) is 0.183. The number of hydrogen-bond donors (Lipinski definition) is 1. The van der Waals surface area contributed by atoms with Crippen LogP contribution < -0.4 is 5.32 Å². The molecule has 1 unspecified atom stereocenters. The summed E-state index contributed by atoms with van der Waals surface area (Å²) in [6.07, 6.45) is 0.279. The van der Waals surface area contributed by atoms with E-state index < -0.39 is 6.23 Å². The Morgan fingerprint density at radius 3 is 2.33 bits per heavy atom. The highest BCUT2D eigenvalue weighted by Gasteiger charge is 1.90. The van der Waals surface area contributed by atoms with Gasteiger partial charge in [0.25, 0.3) is 0 Å². The SMILES string of the molecule is CCC(O)[N]C. The lowest BCUT2D eigenvalue weighted by Crippen LogP contribution is -2.15. The molecule has 2 nitrogen and oxygen atoms in total. The second-order valence-corrected chi connectivity index (χ2v) is 1.15. The summed E-state index contributed by atoms with van der Waals surface area (Å²) >= 11 is 0. The third-order valence-electron chi connectivity index (χ3n) is 0.663. The molecular weight excluding hydrogens is 78.0 g/mol. The fourth-order valence-electron chi connectivity index (χ4n) is 0.183. The van der Waals surface area contributed by atoms with E-state index in [1.165, 1.54) is 0 Å². The molecule has 37 valence electrons. The van der Waals surface area contributed by atoms with Gasteiger partial charge in [-0.15, -0.1) is 0 Å². The zero-order valence-electron chi connectivity index (χ0n) is 4.18. The number of hydrogen-bond acceptors (Lipinski definition) is 1. The average molecular weight is 88.1 g/mol. The maximum absolute atomic E-state index is 8.50. The number of aliphatic hydroxyl groups is 1. The van der Waals surface area contributed by atoms with E-state index in [0.717, 1.165) is 6.42 Å². The van der Waals surface area contributed by atoms with Crippen molar-refractivity contribution < 1.29 is 5.11 Å². The van der Waals surface area contributed by atoms with Crippen LogP contribution in [0.2, 0.25) is 0 Å². The van der Waals surface area contributed by atoms with E-state index in [0.29, 0.717) is 0 Å². The van der Waals surface area contributed by atoms with E-state index in [2.05, 4.69) is 5.32 Å². The zero-order valence-corrected chi connectivity index (χ0v) is 4.18. The van der Waals surface area contributed by atoms with Gasteiger partial charge in [0.1, 0.15) is 6.23 Å². The standard InChI is InChI=1S/C4H10NO/c1-3-4(6)5-2/h4,6H,3H2,1-2H3. The van der Waals surface area contributed by atoms with Crippen LogP contribution in [0.4, 0.5) is 0 Å². The summed E-state index contributed by atoms with van der Waals surface area (Å²) < 4.78 is 0. The number of rotatable bonds is 2. The molecular formula is C4H10NO. The predicted octanol–water partition coefficient (Wildman–Crippen LogP) is -0.0510. The molecule has 0 amide bonds. The molecule has 0 fully saturated rings. The average Bonchev–Trinajstić information content (AvgIpc) is 1.65. The van der Waals surface area contributed by atoms with Gasteiger partial charge in [-0.2, -0.15) is 0 Å². The minimum Gasteiger partial charge on any atom is -0.377 e. The van der Waals surface area contributed by atoms with Crippen LogP contribution in [0.1, 0.15) is 13.3 Å². The van der Waals surface area contributed by atoms with Crippen molar-refractivity contribution in [3.05, 3.63) is 0 Å². The quantitative estimate of drug-likeness (QED) is 0.504. The van der Waals surface area contributed by atoms with Gasteiger partial charge in [0.15, 0.2) is 0 Å². The molecule has 0 saturated heterocycles. The highest BCUT2D eigenvalue weighted by molar-refractivity contribution is 4.38. The van der Waals surface area contributed by atoms with Crippen LogP contribution in [-0.4, -0.2) is 18.4 Å². The molecule has 0 aliphatic heterocycles. The van der Waals surface area contributed by atoms with Crippen LogP contribution in [0.15, 0.2) is 0 Å². The van der Waals surface area contributed by atoms with Gasteiger partial charge >= 0.3 is 0 Å². The van der Waals surface area contributed by atoms with Crippen LogP contribution in [0.3, 0.4) is 0 Å². The van der Waals surface area contributed by atoms with E-state index in [4.69, 9.17) is 5.11 Å². The van der Waals surface area contributed by atoms with Gasteiger partial charge < -0.3 is 5.11 Å². The Balaban J connectivity index is 2.75. The Morgan fingerprint density at radius 2 is 2.33 bits per heavy atom. The summed E-state index contributed by atoms with van der Waals surface area (Å²) in [6, 6.07) is 0. The first-order valence-electron chi connectivity index (χ1n) is 2.08. The lowest BCUT2D eigenvalue weighted by atomic mass is 10.4.